The van der Waals surface area contributed by atoms with Gasteiger partial charge < -0.3 is 5.73 Å². The third-order valence-corrected chi connectivity index (χ3v) is 3.19. The predicted molar refractivity (Wildman–Crippen MR) is 74.8 cm³/mol. The molecule has 0 spiro atoms. The van der Waals surface area contributed by atoms with Crippen molar-refractivity contribution in [3.63, 3.8) is 0 Å². The molecule has 2 aromatic carbocycles. The molecule has 0 bridgehead atoms. The molecular weight excluding hydrogens is 276 g/mol. The van der Waals surface area contributed by atoms with Crippen LogP contribution in [0.5, 0.6) is 0 Å². The van der Waals surface area contributed by atoms with E-state index in [1.165, 1.54) is 36.4 Å². The van der Waals surface area contributed by atoms with Crippen LogP contribution < -0.4 is 5.73 Å². The van der Waals surface area contributed by atoms with Crippen molar-refractivity contribution < 1.29 is 13.6 Å². The highest BCUT2D eigenvalue weighted by molar-refractivity contribution is 5.97. The van der Waals surface area contributed by atoms with E-state index in [0.717, 1.165) is 4.68 Å². The van der Waals surface area contributed by atoms with E-state index >= 15 is 0 Å². The lowest BCUT2D eigenvalue weighted by molar-refractivity contribution is 0.0904. The van der Waals surface area contributed by atoms with Crippen LogP contribution in [0.3, 0.4) is 0 Å². The molecule has 6 heteroatoms. The predicted octanol–water partition coefficient (Wildman–Crippen LogP) is 2.78. The van der Waals surface area contributed by atoms with E-state index in [2.05, 4.69) is 5.10 Å². The summed E-state index contributed by atoms with van der Waals surface area (Å²) in [5.41, 5.74) is 6.61. The first-order valence-electron chi connectivity index (χ1n) is 6.26. The Labute approximate surface area is 118 Å². The third-order valence-electron chi connectivity index (χ3n) is 3.19. The monoisotopic (exact) mass is 287 g/mol. The Morgan fingerprint density at radius 2 is 1.86 bits per heavy atom. The normalized spacial score (nSPS) is 11.0. The van der Waals surface area contributed by atoms with Gasteiger partial charge in [-0.15, -0.1) is 5.10 Å². The highest BCUT2D eigenvalue weighted by atomic mass is 19.1. The number of nitrogens with zero attached hydrogens (tertiary/aromatic N) is 2. The molecule has 4 nitrogen and oxygen atoms in total. The van der Waals surface area contributed by atoms with Crippen LogP contribution in [0.25, 0.3) is 10.9 Å². The van der Waals surface area contributed by atoms with Crippen molar-refractivity contribution in [2.24, 2.45) is 0 Å². The number of carbonyl (C=O) groups excluding carboxylic acids is 1. The number of aromatic nitrogens is 2. The molecule has 21 heavy (non-hydrogen) atoms. The van der Waals surface area contributed by atoms with Crippen LogP contribution >= 0.6 is 0 Å². The Bertz CT molecular complexity index is 825. The van der Waals surface area contributed by atoms with Gasteiger partial charge in [-0.25, -0.2) is 8.78 Å². The van der Waals surface area contributed by atoms with E-state index in [1.54, 1.807) is 6.07 Å². The second kappa shape index (κ2) is 4.97. The Morgan fingerprint density at radius 3 is 2.57 bits per heavy atom. The number of nitrogens with two attached hydrogens (primary N) is 1. The quantitative estimate of drug-likeness (QED) is 0.788. The van der Waals surface area contributed by atoms with Crippen molar-refractivity contribution in [2.75, 3.05) is 5.73 Å². The summed E-state index contributed by atoms with van der Waals surface area (Å²) in [5.74, 6) is -1.29. The summed E-state index contributed by atoms with van der Waals surface area (Å²) in [6, 6.07) is 9.90. The maximum absolute atomic E-state index is 13.7. The summed E-state index contributed by atoms with van der Waals surface area (Å²) >= 11 is 0. The fraction of sp³-hybridized carbons (Fsp3) is 0.0667. The maximum Gasteiger partial charge on any atom is 0.251 e. The molecule has 0 amide bonds. The maximum atomic E-state index is 13.7. The van der Waals surface area contributed by atoms with Crippen LogP contribution in [0.15, 0.2) is 42.5 Å². The van der Waals surface area contributed by atoms with Gasteiger partial charge in [0.05, 0.1) is 17.3 Å². The van der Waals surface area contributed by atoms with Gasteiger partial charge in [-0.1, -0.05) is 18.2 Å². The van der Waals surface area contributed by atoms with Crippen LogP contribution in [0, 0.1) is 11.6 Å². The highest BCUT2D eigenvalue weighted by Gasteiger charge is 2.17. The van der Waals surface area contributed by atoms with E-state index in [4.69, 9.17) is 5.73 Å². The van der Waals surface area contributed by atoms with Crippen molar-refractivity contribution in [1.82, 2.24) is 9.78 Å². The summed E-state index contributed by atoms with van der Waals surface area (Å²) in [5, 5.41) is 4.02. The SMILES string of the molecule is Nc1nn(C(=O)Cc2ccc(F)cc2)c2cccc(F)c12. The molecule has 0 unspecified atom stereocenters. The Kier molecular flexibility index (Phi) is 3.13. The first-order chi connectivity index (χ1) is 10.1. The van der Waals surface area contributed by atoms with E-state index in [-0.39, 0.29) is 29.3 Å². The first kappa shape index (κ1) is 13.2. The van der Waals surface area contributed by atoms with Gasteiger partial charge in [0, 0.05) is 0 Å². The number of fused-ring (bicyclic) bond motifs is 1. The molecule has 106 valence electrons. The summed E-state index contributed by atoms with van der Waals surface area (Å²) in [7, 11) is 0. The molecule has 0 aliphatic heterocycles. The number of nitrogen functional groups attached to an aromatic ring is 1. The van der Waals surface area contributed by atoms with Crippen LogP contribution in [-0.4, -0.2) is 15.7 Å². The van der Waals surface area contributed by atoms with E-state index < -0.39 is 5.82 Å². The smallest absolute Gasteiger partial charge is 0.251 e. The molecule has 0 saturated carbocycles. The van der Waals surface area contributed by atoms with E-state index in [9.17, 15) is 13.6 Å². The molecule has 2 N–H and O–H groups in total. The standard InChI is InChI=1S/C15H11F2N3O/c16-10-6-4-9(5-7-10)8-13(21)20-12-3-1-2-11(17)14(12)15(18)19-20/h1-7H,8H2,(H2,18,19). The van der Waals surface area contributed by atoms with Gasteiger partial charge >= 0.3 is 0 Å². The number of hydrogen-bond acceptors (Lipinski definition) is 3. The Balaban J connectivity index is 1.99. The molecule has 1 aromatic heterocycles. The minimum Gasteiger partial charge on any atom is -0.382 e. The minimum atomic E-state index is -0.522. The second-order valence-electron chi connectivity index (χ2n) is 4.63. The lowest BCUT2D eigenvalue weighted by Gasteiger charge is -2.03. The first-order valence-corrected chi connectivity index (χ1v) is 6.26. The number of carbonyl (C=O) groups is 1. The average molecular weight is 287 g/mol. The van der Waals surface area contributed by atoms with Gasteiger partial charge in [0.15, 0.2) is 5.82 Å². The molecule has 0 aliphatic carbocycles. The van der Waals surface area contributed by atoms with Gasteiger partial charge in [0.1, 0.15) is 11.6 Å². The molecule has 3 aromatic rings. The molecule has 3 rings (SSSR count). The van der Waals surface area contributed by atoms with Crippen LogP contribution in [0.1, 0.15) is 10.4 Å². The fourth-order valence-corrected chi connectivity index (χ4v) is 2.20. The molecule has 0 fully saturated rings. The number of halogens is 2. The van der Waals surface area contributed by atoms with Gasteiger partial charge in [-0.05, 0) is 29.8 Å². The van der Waals surface area contributed by atoms with Crippen molar-refractivity contribution in [3.05, 3.63) is 59.7 Å². The van der Waals surface area contributed by atoms with Crippen molar-refractivity contribution in [2.45, 2.75) is 6.42 Å². The molecular formula is C15H11F2N3O. The van der Waals surface area contributed by atoms with Gasteiger partial charge in [0.2, 0.25) is 0 Å². The van der Waals surface area contributed by atoms with Gasteiger partial charge in [-0.2, -0.15) is 4.68 Å². The van der Waals surface area contributed by atoms with Crippen molar-refractivity contribution >= 4 is 22.6 Å². The van der Waals surface area contributed by atoms with Crippen LogP contribution in [0.4, 0.5) is 14.6 Å². The summed E-state index contributed by atoms with van der Waals surface area (Å²) in [6.45, 7) is 0. The van der Waals surface area contributed by atoms with Gasteiger partial charge in [0.25, 0.3) is 5.91 Å². The number of hydrogen-bond donors (Lipinski definition) is 1. The van der Waals surface area contributed by atoms with Crippen molar-refractivity contribution in [3.8, 4) is 0 Å². The third kappa shape index (κ3) is 2.35. The van der Waals surface area contributed by atoms with Crippen LogP contribution in [0.2, 0.25) is 0 Å². The number of rotatable bonds is 2. The van der Waals surface area contributed by atoms with E-state index in [1.807, 2.05) is 0 Å². The molecule has 1 heterocycles. The Hall–Kier alpha value is -2.76. The lowest BCUT2D eigenvalue weighted by Crippen LogP contribution is -2.15. The summed E-state index contributed by atoms with van der Waals surface area (Å²) in [6.07, 6.45) is 0.0208. The molecule has 0 saturated heterocycles. The zero-order valence-corrected chi connectivity index (χ0v) is 10.9. The molecule has 0 atom stereocenters. The largest absolute Gasteiger partial charge is 0.382 e. The average Bonchev–Trinajstić information content (AvgIpc) is 2.80. The van der Waals surface area contributed by atoms with Crippen LogP contribution in [-0.2, 0) is 6.42 Å². The lowest BCUT2D eigenvalue weighted by atomic mass is 10.1. The number of benzene rings is 2. The summed E-state index contributed by atoms with van der Waals surface area (Å²) in [4.78, 5) is 12.3. The zero-order valence-electron chi connectivity index (χ0n) is 10.9. The highest BCUT2D eigenvalue weighted by Crippen LogP contribution is 2.23. The summed E-state index contributed by atoms with van der Waals surface area (Å²) < 4.78 is 27.6. The Morgan fingerprint density at radius 1 is 1.14 bits per heavy atom. The molecule has 0 radical (unpaired) electrons. The van der Waals surface area contributed by atoms with Gasteiger partial charge in [-0.3, -0.25) is 4.79 Å². The second-order valence-corrected chi connectivity index (χ2v) is 4.63. The van der Waals surface area contributed by atoms with E-state index in [0.29, 0.717) is 11.1 Å². The minimum absolute atomic E-state index is 0.0208. The molecule has 0 aliphatic rings. The fourth-order valence-electron chi connectivity index (χ4n) is 2.20. The topological polar surface area (TPSA) is 60.9 Å². The zero-order chi connectivity index (χ0) is 15.0. The number of anilines is 1. The van der Waals surface area contributed by atoms with Crippen molar-refractivity contribution in [1.29, 1.82) is 0 Å².